The van der Waals surface area contributed by atoms with Gasteiger partial charge in [0.05, 0.1) is 5.41 Å². The molecule has 0 heterocycles. The number of unbranched alkanes of at least 4 members (excludes halogenated alkanes) is 3. The average Bonchev–Trinajstić information content (AvgIpc) is 3.19. The van der Waals surface area contributed by atoms with E-state index < -0.39 is 17.5 Å². The fourth-order valence-corrected chi connectivity index (χ4v) is 4.34. The molecule has 0 spiro atoms. The number of ether oxygens (including phenoxy) is 1. The molecular formula is C28H36N2O5. The van der Waals surface area contributed by atoms with E-state index in [0.29, 0.717) is 26.0 Å². The Bertz CT molecular complexity index is 992. The molecule has 188 valence electrons. The van der Waals surface area contributed by atoms with Crippen LogP contribution in [0.1, 0.15) is 69.4 Å². The van der Waals surface area contributed by atoms with E-state index >= 15 is 0 Å². The van der Waals surface area contributed by atoms with E-state index in [1.165, 1.54) is 22.3 Å². The fraction of sp³-hybridized carbons (Fsp3) is 0.464. The van der Waals surface area contributed by atoms with Crippen molar-refractivity contribution in [2.45, 2.75) is 58.3 Å². The summed E-state index contributed by atoms with van der Waals surface area (Å²) in [5.41, 5.74) is 3.85. The first-order valence-electron chi connectivity index (χ1n) is 12.4. The predicted octanol–water partition coefficient (Wildman–Crippen LogP) is 5.09. The molecule has 0 aliphatic heterocycles. The Morgan fingerprint density at radius 1 is 0.914 bits per heavy atom. The lowest BCUT2D eigenvalue weighted by Gasteiger charge is -2.23. The van der Waals surface area contributed by atoms with Crippen LogP contribution in [0.4, 0.5) is 4.79 Å². The predicted molar refractivity (Wildman–Crippen MR) is 135 cm³/mol. The number of fused-ring (bicyclic) bond motifs is 3. The van der Waals surface area contributed by atoms with Gasteiger partial charge in [-0.15, -0.1) is 0 Å². The molecule has 0 saturated carbocycles. The number of hydrogen-bond donors (Lipinski definition) is 3. The average molecular weight is 481 g/mol. The van der Waals surface area contributed by atoms with E-state index in [1.807, 2.05) is 24.3 Å². The number of carbonyl (C=O) groups excluding carboxylic acids is 2. The number of benzene rings is 2. The van der Waals surface area contributed by atoms with Crippen molar-refractivity contribution < 1.29 is 24.2 Å². The van der Waals surface area contributed by atoms with Crippen molar-refractivity contribution in [1.82, 2.24) is 10.6 Å². The van der Waals surface area contributed by atoms with Crippen molar-refractivity contribution in [1.29, 1.82) is 0 Å². The number of aliphatic carboxylic acids is 1. The topological polar surface area (TPSA) is 105 Å². The van der Waals surface area contributed by atoms with Crippen LogP contribution in [0.5, 0.6) is 0 Å². The van der Waals surface area contributed by atoms with Gasteiger partial charge < -0.3 is 20.5 Å². The maximum absolute atomic E-state index is 12.2. The second kappa shape index (κ2) is 12.4. The van der Waals surface area contributed by atoms with Gasteiger partial charge in [-0.2, -0.15) is 0 Å². The summed E-state index contributed by atoms with van der Waals surface area (Å²) >= 11 is 0. The minimum absolute atomic E-state index is 0.0463. The Kier molecular flexibility index (Phi) is 9.29. The molecule has 1 atom stereocenters. The molecule has 0 radical (unpaired) electrons. The van der Waals surface area contributed by atoms with Crippen LogP contribution >= 0.6 is 0 Å². The summed E-state index contributed by atoms with van der Waals surface area (Å²) in [6, 6.07) is 16.5. The van der Waals surface area contributed by atoms with Gasteiger partial charge in [-0.05, 0) is 48.4 Å². The third-order valence-corrected chi connectivity index (χ3v) is 6.92. The lowest BCUT2D eigenvalue weighted by atomic mass is 9.87. The molecule has 7 nitrogen and oxygen atoms in total. The lowest BCUT2D eigenvalue weighted by Crippen LogP contribution is -2.40. The summed E-state index contributed by atoms with van der Waals surface area (Å²) in [4.78, 5) is 35.5. The summed E-state index contributed by atoms with van der Waals surface area (Å²) in [6.07, 6.45) is 3.70. The number of rotatable bonds is 13. The summed E-state index contributed by atoms with van der Waals surface area (Å²) in [6.45, 7) is 4.40. The molecule has 1 aliphatic carbocycles. The number of alkyl carbamates (subject to hydrolysis) is 1. The Balaban J connectivity index is 1.28. The summed E-state index contributed by atoms with van der Waals surface area (Å²) in [5.74, 6) is -0.975. The maximum atomic E-state index is 12.2. The standard InChI is InChI=1S/C28H36N2O5/c1-3-28(2,26(32)33)19-30-25(31)16-6-4-5-11-17-29-27(34)35-18-24-22-14-9-7-12-20(22)21-13-8-10-15-23(21)24/h7-10,12-15,24H,3-6,11,16-19H2,1-2H3,(H,29,34)(H,30,31)(H,32,33). The minimum Gasteiger partial charge on any atom is -0.481 e. The summed E-state index contributed by atoms with van der Waals surface area (Å²) in [5, 5.41) is 14.8. The van der Waals surface area contributed by atoms with Gasteiger partial charge in [0.25, 0.3) is 0 Å². The van der Waals surface area contributed by atoms with Crippen molar-refractivity contribution in [2.75, 3.05) is 19.7 Å². The van der Waals surface area contributed by atoms with Crippen molar-refractivity contribution in [2.24, 2.45) is 5.41 Å². The minimum atomic E-state index is -0.930. The van der Waals surface area contributed by atoms with Crippen molar-refractivity contribution in [3.63, 3.8) is 0 Å². The van der Waals surface area contributed by atoms with Crippen LogP contribution < -0.4 is 10.6 Å². The summed E-state index contributed by atoms with van der Waals surface area (Å²) < 4.78 is 5.53. The number of nitrogens with one attached hydrogen (secondary N) is 2. The highest BCUT2D eigenvalue weighted by atomic mass is 16.5. The van der Waals surface area contributed by atoms with Crippen LogP contribution in [0.25, 0.3) is 11.1 Å². The number of carbonyl (C=O) groups is 3. The number of hydrogen-bond acceptors (Lipinski definition) is 4. The summed E-state index contributed by atoms with van der Waals surface area (Å²) in [7, 11) is 0. The third kappa shape index (κ3) is 6.84. The van der Waals surface area contributed by atoms with Crippen molar-refractivity contribution in [3.8, 4) is 11.1 Å². The van der Waals surface area contributed by atoms with Gasteiger partial charge >= 0.3 is 12.1 Å². The fourth-order valence-electron chi connectivity index (χ4n) is 4.34. The van der Waals surface area contributed by atoms with E-state index in [-0.39, 0.29) is 18.4 Å². The highest BCUT2D eigenvalue weighted by Gasteiger charge is 2.31. The van der Waals surface area contributed by atoms with E-state index in [1.54, 1.807) is 13.8 Å². The van der Waals surface area contributed by atoms with Crippen LogP contribution in [0.3, 0.4) is 0 Å². The molecule has 0 bridgehead atoms. The smallest absolute Gasteiger partial charge is 0.407 e. The SMILES string of the molecule is CCC(C)(CNC(=O)CCCCCCNC(=O)OCC1c2ccccc2-c2ccccc21)C(=O)O. The quantitative estimate of drug-likeness (QED) is 0.346. The van der Waals surface area contributed by atoms with Crippen LogP contribution in [-0.4, -0.2) is 42.8 Å². The van der Waals surface area contributed by atoms with Gasteiger partial charge in [0.1, 0.15) is 6.61 Å². The zero-order valence-corrected chi connectivity index (χ0v) is 20.6. The molecule has 2 aromatic carbocycles. The van der Waals surface area contributed by atoms with Crippen molar-refractivity contribution >= 4 is 18.0 Å². The Morgan fingerprint density at radius 2 is 1.51 bits per heavy atom. The van der Waals surface area contributed by atoms with E-state index in [9.17, 15) is 19.5 Å². The molecule has 7 heteroatoms. The number of amides is 2. The zero-order chi connectivity index (χ0) is 25.3. The lowest BCUT2D eigenvalue weighted by molar-refractivity contribution is -0.148. The molecule has 0 fully saturated rings. The number of carboxylic acid groups (broad SMARTS) is 1. The molecular weight excluding hydrogens is 444 g/mol. The van der Waals surface area contributed by atoms with Crippen LogP contribution in [0, 0.1) is 5.41 Å². The van der Waals surface area contributed by atoms with E-state index in [0.717, 1.165) is 25.7 Å². The molecule has 3 N–H and O–H groups in total. The van der Waals surface area contributed by atoms with Crippen molar-refractivity contribution in [3.05, 3.63) is 59.7 Å². The van der Waals surface area contributed by atoms with Gasteiger partial charge in [-0.25, -0.2) is 4.79 Å². The normalized spacial score (nSPS) is 13.9. The Hall–Kier alpha value is -3.35. The first-order valence-corrected chi connectivity index (χ1v) is 12.4. The van der Waals surface area contributed by atoms with E-state index in [2.05, 4.69) is 34.9 Å². The van der Waals surface area contributed by atoms with Crippen LogP contribution in [0.2, 0.25) is 0 Å². The first kappa shape index (κ1) is 26.3. The second-order valence-corrected chi connectivity index (χ2v) is 9.41. The second-order valence-electron chi connectivity index (χ2n) is 9.41. The van der Waals surface area contributed by atoms with Gasteiger partial charge in [0.2, 0.25) is 5.91 Å². The molecule has 35 heavy (non-hydrogen) atoms. The molecule has 1 unspecified atom stereocenters. The monoisotopic (exact) mass is 480 g/mol. The largest absolute Gasteiger partial charge is 0.481 e. The molecule has 3 rings (SSSR count). The molecule has 0 saturated heterocycles. The molecule has 1 aliphatic rings. The number of carboxylic acids is 1. The maximum Gasteiger partial charge on any atom is 0.407 e. The van der Waals surface area contributed by atoms with Gasteiger partial charge in [-0.3, -0.25) is 9.59 Å². The highest BCUT2D eigenvalue weighted by molar-refractivity contribution is 5.79. The van der Waals surface area contributed by atoms with Crippen LogP contribution in [-0.2, 0) is 14.3 Å². The highest BCUT2D eigenvalue weighted by Crippen LogP contribution is 2.44. The zero-order valence-electron chi connectivity index (χ0n) is 20.6. The van der Waals surface area contributed by atoms with Gasteiger partial charge in [0.15, 0.2) is 0 Å². The van der Waals surface area contributed by atoms with Crippen LogP contribution in [0.15, 0.2) is 48.5 Å². The molecule has 0 aromatic heterocycles. The Morgan fingerprint density at radius 3 is 2.11 bits per heavy atom. The van der Waals surface area contributed by atoms with Gasteiger partial charge in [-0.1, -0.05) is 68.3 Å². The first-order chi connectivity index (χ1) is 16.9. The third-order valence-electron chi connectivity index (χ3n) is 6.92. The van der Waals surface area contributed by atoms with E-state index in [4.69, 9.17) is 4.74 Å². The Labute approximate surface area is 207 Å². The molecule has 2 amide bonds. The molecule has 2 aromatic rings. The van der Waals surface area contributed by atoms with Gasteiger partial charge in [0, 0.05) is 25.4 Å².